The SMILES string of the molecule is CCCCOC1CCC(C2CCC(/C=C/C3CCC(C(F)(F)Oc4ccc(C(F)(F)F)cc4)CC3)CC2)CC1. The van der Waals surface area contributed by atoms with E-state index in [9.17, 15) is 22.0 Å². The number of rotatable bonds is 10. The van der Waals surface area contributed by atoms with Crippen molar-refractivity contribution in [3.63, 3.8) is 0 Å². The average molecular weight is 557 g/mol. The second kappa shape index (κ2) is 13.8. The number of allylic oxidation sites excluding steroid dienone is 2. The van der Waals surface area contributed by atoms with E-state index in [0.717, 1.165) is 49.1 Å². The van der Waals surface area contributed by atoms with Crippen LogP contribution in [0.4, 0.5) is 22.0 Å². The molecule has 3 aliphatic rings. The third-order valence-corrected chi connectivity index (χ3v) is 9.39. The molecule has 1 aromatic carbocycles. The first kappa shape index (κ1) is 30.3. The molecular formula is C32H45F5O2. The number of hydrogen-bond acceptors (Lipinski definition) is 2. The normalized spacial score (nSPS) is 30.9. The Hall–Kier alpha value is -1.63. The Morgan fingerprint density at radius 2 is 1.23 bits per heavy atom. The first-order valence-electron chi connectivity index (χ1n) is 15.2. The van der Waals surface area contributed by atoms with Crippen LogP contribution in [0, 0.1) is 29.6 Å². The van der Waals surface area contributed by atoms with E-state index in [1.54, 1.807) is 0 Å². The van der Waals surface area contributed by atoms with Crippen molar-refractivity contribution in [1.29, 1.82) is 0 Å². The maximum absolute atomic E-state index is 14.7. The molecule has 0 N–H and O–H groups in total. The van der Waals surface area contributed by atoms with Crippen molar-refractivity contribution in [3.05, 3.63) is 42.0 Å². The zero-order valence-corrected chi connectivity index (χ0v) is 23.2. The minimum Gasteiger partial charge on any atom is -0.432 e. The molecule has 1 aromatic rings. The lowest BCUT2D eigenvalue weighted by Gasteiger charge is -2.37. The highest BCUT2D eigenvalue weighted by Gasteiger charge is 2.44. The minimum absolute atomic E-state index is 0.237. The van der Waals surface area contributed by atoms with Crippen LogP contribution in [0.15, 0.2) is 36.4 Å². The van der Waals surface area contributed by atoms with E-state index in [1.807, 2.05) is 0 Å². The molecule has 0 heterocycles. The van der Waals surface area contributed by atoms with Crippen LogP contribution in [0.25, 0.3) is 0 Å². The lowest BCUT2D eigenvalue weighted by Crippen LogP contribution is -2.37. The van der Waals surface area contributed by atoms with Crippen molar-refractivity contribution >= 4 is 0 Å². The molecule has 0 spiro atoms. The maximum Gasteiger partial charge on any atom is 0.416 e. The molecule has 39 heavy (non-hydrogen) atoms. The number of unbranched alkanes of at least 4 members (excludes halogenated alkanes) is 1. The lowest BCUT2D eigenvalue weighted by molar-refractivity contribution is -0.223. The highest BCUT2D eigenvalue weighted by atomic mass is 19.4. The Morgan fingerprint density at radius 1 is 0.718 bits per heavy atom. The second-order valence-electron chi connectivity index (χ2n) is 12.1. The molecular weight excluding hydrogens is 511 g/mol. The van der Waals surface area contributed by atoms with E-state index in [-0.39, 0.29) is 5.75 Å². The Morgan fingerprint density at radius 3 is 1.74 bits per heavy atom. The first-order chi connectivity index (χ1) is 18.6. The van der Waals surface area contributed by atoms with Crippen LogP contribution in [0.5, 0.6) is 5.75 Å². The van der Waals surface area contributed by atoms with Crippen molar-refractivity contribution < 1.29 is 31.4 Å². The van der Waals surface area contributed by atoms with Gasteiger partial charge in [0.25, 0.3) is 0 Å². The Labute approximate surface area is 230 Å². The third-order valence-electron chi connectivity index (χ3n) is 9.39. The second-order valence-corrected chi connectivity index (χ2v) is 12.1. The fraction of sp³-hybridized carbons (Fsp3) is 0.750. The van der Waals surface area contributed by atoms with Gasteiger partial charge >= 0.3 is 12.3 Å². The van der Waals surface area contributed by atoms with Crippen LogP contribution in [0.2, 0.25) is 0 Å². The fourth-order valence-electron chi connectivity index (χ4n) is 6.84. The molecule has 7 heteroatoms. The molecule has 0 bridgehead atoms. The van der Waals surface area contributed by atoms with E-state index < -0.39 is 23.8 Å². The Bertz CT molecular complexity index is 873. The van der Waals surface area contributed by atoms with Crippen LogP contribution < -0.4 is 4.74 Å². The Balaban J connectivity index is 1.14. The summed E-state index contributed by atoms with van der Waals surface area (Å²) in [6.45, 7) is 3.11. The molecule has 3 fully saturated rings. The van der Waals surface area contributed by atoms with Gasteiger partial charge in [-0.25, -0.2) is 0 Å². The highest BCUT2D eigenvalue weighted by molar-refractivity contribution is 5.29. The van der Waals surface area contributed by atoms with Gasteiger partial charge in [0.2, 0.25) is 0 Å². The molecule has 0 aliphatic heterocycles. The summed E-state index contributed by atoms with van der Waals surface area (Å²) >= 11 is 0. The third kappa shape index (κ3) is 8.93. The minimum atomic E-state index is -4.51. The zero-order valence-electron chi connectivity index (χ0n) is 23.2. The molecule has 0 aromatic heterocycles. The van der Waals surface area contributed by atoms with Gasteiger partial charge in [0.15, 0.2) is 0 Å². The molecule has 4 rings (SSSR count). The van der Waals surface area contributed by atoms with Gasteiger partial charge in [-0.05, 0) is 131 Å². The monoisotopic (exact) mass is 556 g/mol. The topological polar surface area (TPSA) is 18.5 Å². The molecule has 3 saturated carbocycles. The van der Waals surface area contributed by atoms with Crippen LogP contribution in [0.3, 0.4) is 0 Å². The van der Waals surface area contributed by atoms with Crippen molar-refractivity contribution in [2.24, 2.45) is 29.6 Å². The molecule has 2 nitrogen and oxygen atoms in total. The number of ether oxygens (including phenoxy) is 2. The summed E-state index contributed by atoms with van der Waals surface area (Å²) in [5.41, 5.74) is -0.880. The summed E-state index contributed by atoms with van der Waals surface area (Å²) in [6.07, 6.45) is 11.7. The predicted molar refractivity (Wildman–Crippen MR) is 144 cm³/mol. The number of alkyl halides is 5. The van der Waals surface area contributed by atoms with Crippen molar-refractivity contribution in [1.82, 2.24) is 0 Å². The number of benzene rings is 1. The van der Waals surface area contributed by atoms with Gasteiger partial charge < -0.3 is 9.47 Å². The standard InChI is InChI=1S/C32H45F5O2/c1-2-3-22-38-29-18-12-26(13-19-29)25-10-6-23(7-11-25)4-5-24-8-14-28(15-9-24)32(36,37)39-30-20-16-27(17-21-30)31(33,34)35/h4-5,16-17,20-21,23-26,28-29H,2-3,6-15,18-19,22H2,1H3/b5-4+. The predicted octanol–water partition coefficient (Wildman–Crippen LogP) is 10.2. The quantitative estimate of drug-likeness (QED) is 0.162. The molecule has 0 unspecified atom stereocenters. The smallest absolute Gasteiger partial charge is 0.416 e. The van der Waals surface area contributed by atoms with E-state index in [1.165, 1.54) is 57.8 Å². The van der Waals surface area contributed by atoms with Gasteiger partial charge in [0.05, 0.1) is 17.6 Å². The molecule has 0 radical (unpaired) electrons. The van der Waals surface area contributed by atoms with Crippen LogP contribution in [-0.4, -0.2) is 18.8 Å². The zero-order chi connectivity index (χ0) is 27.9. The van der Waals surface area contributed by atoms with Crippen molar-refractivity contribution in [2.75, 3.05) is 6.61 Å². The maximum atomic E-state index is 14.7. The average Bonchev–Trinajstić information content (AvgIpc) is 2.93. The molecule has 0 atom stereocenters. The van der Waals surface area contributed by atoms with E-state index in [4.69, 9.17) is 9.47 Å². The molecule has 3 aliphatic carbocycles. The van der Waals surface area contributed by atoms with E-state index in [0.29, 0.717) is 43.6 Å². The largest absolute Gasteiger partial charge is 0.432 e. The molecule has 0 amide bonds. The summed E-state index contributed by atoms with van der Waals surface area (Å²) in [4.78, 5) is 0. The van der Waals surface area contributed by atoms with Gasteiger partial charge in [0, 0.05) is 6.61 Å². The summed E-state index contributed by atoms with van der Waals surface area (Å²) in [5, 5.41) is 0. The Kier molecular flexibility index (Phi) is 10.8. The van der Waals surface area contributed by atoms with Gasteiger partial charge in [-0.3, -0.25) is 0 Å². The first-order valence-corrected chi connectivity index (χ1v) is 15.2. The van der Waals surface area contributed by atoms with Crippen LogP contribution in [0.1, 0.15) is 102 Å². The van der Waals surface area contributed by atoms with Crippen molar-refractivity contribution in [2.45, 2.75) is 115 Å². The summed E-state index contributed by atoms with van der Waals surface area (Å²) in [6, 6.07) is 3.48. The van der Waals surface area contributed by atoms with E-state index >= 15 is 0 Å². The summed E-state index contributed by atoms with van der Waals surface area (Å²) in [7, 11) is 0. The number of hydrogen-bond donors (Lipinski definition) is 0. The molecule has 0 saturated heterocycles. The summed E-state index contributed by atoms with van der Waals surface area (Å²) < 4.78 is 78.5. The fourth-order valence-corrected chi connectivity index (χ4v) is 6.84. The molecule has 220 valence electrons. The van der Waals surface area contributed by atoms with Crippen LogP contribution >= 0.6 is 0 Å². The van der Waals surface area contributed by atoms with E-state index in [2.05, 4.69) is 19.1 Å². The summed E-state index contributed by atoms with van der Waals surface area (Å²) in [5.74, 6) is 1.43. The highest BCUT2D eigenvalue weighted by Crippen LogP contribution is 2.43. The van der Waals surface area contributed by atoms with Gasteiger partial charge in [-0.15, -0.1) is 0 Å². The van der Waals surface area contributed by atoms with Gasteiger partial charge in [0.1, 0.15) is 5.75 Å². The van der Waals surface area contributed by atoms with Gasteiger partial charge in [-0.2, -0.15) is 22.0 Å². The van der Waals surface area contributed by atoms with Crippen LogP contribution in [-0.2, 0) is 10.9 Å². The van der Waals surface area contributed by atoms with Crippen molar-refractivity contribution in [3.8, 4) is 5.75 Å². The number of halogens is 5. The van der Waals surface area contributed by atoms with Gasteiger partial charge in [-0.1, -0.05) is 25.5 Å². The lowest BCUT2D eigenvalue weighted by atomic mass is 9.70.